The van der Waals surface area contributed by atoms with Crippen LogP contribution in [0.4, 0.5) is 4.79 Å². The summed E-state index contributed by atoms with van der Waals surface area (Å²) in [5.74, 6) is -0.371. The second kappa shape index (κ2) is 6.53. The molecule has 3 heterocycles. The Morgan fingerprint density at radius 1 is 1.30 bits per heavy atom. The largest absolute Gasteiger partial charge is 0.507 e. The Morgan fingerprint density at radius 2 is 2.15 bits per heavy atom. The first-order chi connectivity index (χ1) is 13.0. The normalized spacial score (nSPS) is 22.8. The van der Waals surface area contributed by atoms with E-state index in [0.29, 0.717) is 31.7 Å². The summed E-state index contributed by atoms with van der Waals surface area (Å²) in [6.45, 7) is 1.56. The fraction of sp³-hybridized carbons (Fsp3) is 0.471. The van der Waals surface area contributed by atoms with Crippen LogP contribution in [0, 0.1) is 0 Å². The lowest BCUT2D eigenvalue weighted by molar-refractivity contribution is 0.0438. The first kappa shape index (κ1) is 17.3. The van der Waals surface area contributed by atoms with Crippen molar-refractivity contribution in [1.82, 2.24) is 30.0 Å². The van der Waals surface area contributed by atoms with E-state index in [1.165, 1.54) is 17.1 Å². The molecule has 1 aromatic heterocycles. The number of ether oxygens (including phenoxy) is 1. The average molecular weight is 372 g/mol. The number of carbonyl (C=O) groups excluding carboxylic acids is 2. The fourth-order valence-corrected chi connectivity index (χ4v) is 3.72. The van der Waals surface area contributed by atoms with Gasteiger partial charge in [0.1, 0.15) is 17.7 Å². The second-order valence-corrected chi connectivity index (χ2v) is 7.01. The zero-order valence-corrected chi connectivity index (χ0v) is 14.9. The van der Waals surface area contributed by atoms with Crippen LogP contribution in [0.25, 0.3) is 5.69 Å². The summed E-state index contributed by atoms with van der Waals surface area (Å²) >= 11 is 0. The predicted octanol–water partition coefficient (Wildman–Crippen LogP) is 0.815. The van der Waals surface area contributed by atoms with Gasteiger partial charge in [-0.05, 0) is 35.4 Å². The summed E-state index contributed by atoms with van der Waals surface area (Å²) in [6, 6.07) is 4.70. The number of benzene rings is 1. The van der Waals surface area contributed by atoms with Crippen LogP contribution in [0.2, 0.25) is 0 Å². The first-order valence-corrected chi connectivity index (χ1v) is 8.77. The van der Waals surface area contributed by atoms with Crippen molar-refractivity contribution in [2.45, 2.75) is 24.9 Å². The quantitative estimate of drug-likeness (QED) is 0.830. The number of phenolic OH excluding ortho intramolecular Hbond substituents is 1. The van der Waals surface area contributed by atoms with Gasteiger partial charge in [0.05, 0.1) is 17.8 Å². The highest BCUT2D eigenvalue weighted by Crippen LogP contribution is 2.33. The summed E-state index contributed by atoms with van der Waals surface area (Å²) in [6.07, 6.45) is 3.13. The molecule has 10 heteroatoms. The molecular formula is C17H20N6O4. The van der Waals surface area contributed by atoms with Crippen LogP contribution < -0.4 is 0 Å². The third-order valence-corrected chi connectivity index (χ3v) is 5.15. The zero-order chi connectivity index (χ0) is 19.0. The van der Waals surface area contributed by atoms with E-state index in [0.717, 1.165) is 12.8 Å². The van der Waals surface area contributed by atoms with Crippen molar-refractivity contribution < 1.29 is 19.4 Å². The highest BCUT2D eigenvalue weighted by molar-refractivity contribution is 5.97. The standard InChI is InChI=1S/C17H20N6O4/c1-21-10-17(27-16(21)26)5-2-7-22(8-6-17)15(25)13-4-3-12(9-14(13)24)23-11-18-19-20-23/h3-4,9,11,24H,2,5-8,10H2,1H3/t17-/m0/s1. The van der Waals surface area contributed by atoms with Crippen LogP contribution in [-0.2, 0) is 4.74 Å². The van der Waals surface area contributed by atoms with Gasteiger partial charge >= 0.3 is 6.09 Å². The molecule has 1 spiro atoms. The maximum absolute atomic E-state index is 12.9. The molecule has 0 bridgehead atoms. The van der Waals surface area contributed by atoms with Gasteiger partial charge in [-0.25, -0.2) is 9.48 Å². The maximum atomic E-state index is 12.9. The van der Waals surface area contributed by atoms with Crippen molar-refractivity contribution in [3.8, 4) is 11.4 Å². The molecule has 0 saturated carbocycles. The fourth-order valence-electron chi connectivity index (χ4n) is 3.72. The molecule has 1 atom stereocenters. The number of likely N-dealkylation sites (N-methyl/N-ethyl adjacent to an activating group) is 1. The molecule has 2 fully saturated rings. The molecule has 1 N–H and O–H groups in total. The molecule has 2 amide bonds. The van der Waals surface area contributed by atoms with E-state index in [2.05, 4.69) is 15.5 Å². The van der Waals surface area contributed by atoms with Gasteiger partial charge in [-0.2, -0.15) is 0 Å². The maximum Gasteiger partial charge on any atom is 0.410 e. The summed E-state index contributed by atoms with van der Waals surface area (Å²) in [5.41, 5.74) is 0.264. The van der Waals surface area contributed by atoms with Crippen LogP contribution in [0.15, 0.2) is 24.5 Å². The number of tetrazole rings is 1. The number of carbonyl (C=O) groups is 2. The van der Waals surface area contributed by atoms with Crippen molar-refractivity contribution in [3.05, 3.63) is 30.1 Å². The number of aromatic nitrogens is 4. The predicted molar refractivity (Wildman–Crippen MR) is 92.4 cm³/mol. The number of hydrogen-bond acceptors (Lipinski definition) is 7. The Hall–Kier alpha value is -3.17. The van der Waals surface area contributed by atoms with Crippen molar-refractivity contribution in [3.63, 3.8) is 0 Å². The molecule has 10 nitrogen and oxygen atoms in total. The van der Waals surface area contributed by atoms with Crippen LogP contribution in [0.1, 0.15) is 29.6 Å². The SMILES string of the molecule is CN1C[C@@]2(CCCN(C(=O)c3ccc(-n4cnnn4)cc3O)CC2)OC1=O. The highest BCUT2D eigenvalue weighted by atomic mass is 16.6. The Morgan fingerprint density at radius 3 is 2.81 bits per heavy atom. The Labute approximate surface area is 155 Å². The van der Waals surface area contributed by atoms with Gasteiger partial charge in [0.15, 0.2) is 0 Å². The summed E-state index contributed by atoms with van der Waals surface area (Å²) in [4.78, 5) is 27.9. The van der Waals surface area contributed by atoms with Gasteiger partial charge in [-0.3, -0.25) is 4.79 Å². The van der Waals surface area contributed by atoms with Crippen LogP contribution >= 0.6 is 0 Å². The minimum atomic E-state index is -0.521. The second-order valence-electron chi connectivity index (χ2n) is 7.01. The van der Waals surface area contributed by atoms with Gasteiger partial charge in [-0.15, -0.1) is 5.10 Å². The Kier molecular flexibility index (Phi) is 4.17. The van der Waals surface area contributed by atoms with E-state index in [1.807, 2.05) is 0 Å². The molecule has 1 aromatic carbocycles. The number of phenols is 1. The molecule has 2 aromatic rings. The molecule has 2 aliphatic rings. The van der Waals surface area contributed by atoms with Gasteiger partial charge in [0, 0.05) is 32.6 Å². The third-order valence-electron chi connectivity index (χ3n) is 5.15. The average Bonchev–Trinajstić information content (AvgIpc) is 3.21. The molecular weight excluding hydrogens is 352 g/mol. The lowest BCUT2D eigenvalue weighted by Gasteiger charge is -2.25. The van der Waals surface area contributed by atoms with Crippen molar-refractivity contribution in [2.75, 3.05) is 26.7 Å². The topological polar surface area (TPSA) is 114 Å². The van der Waals surface area contributed by atoms with E-state index < -0.39 is 5.60 Å². The lowest BCUT2D eigenvalue weighted by Crippen LogP contribution is -2.36. The molecule has 2 aliphatic heterocycles. The van der Waals surface area contributed by atoms with Crippen molar-refractivity contribution in [2.24, 2.45) is 0 Å². The number of rotatable bonds is 2. The molecule has 0 unspecified atom stereocenters. The molecule has 142 valence electrons. The molecule has 4 rings (SSSR count). The molecule has 27 heavy (non-hydrogen) atoms. The number of nitrogens with zero attached hydrogens (tertiary/aromatic N) is 6. The summed E-state index contributed by atoms with van der Waals surface area (Å²) in [5, 5.41) is 21.2. The smallest absolute Gasteiger partial charge is 0.410 e. The molecule has 0 radical (unpaired) electrons. The van der Waals surface area contributed by atoms with Crippen LogP contribution in [0.5, 0.6) is 5.75 Å². The Bertz CT molecular complexity index is 870. The summed E-state index contributed by atoms with van der Waals surface area (Å²) in [7, 11) is 1.72. The number of hydrogen-bond donors (Lipinski definition) is 1. The van der Waals surface area contributed by atoms with E-state index in [4.69, 9.17) is 4.74 Å². The number of aromatic hydroxyl groups is 1. The van der Waals surface area contributed by atoms with Gasteiger partial charge in [0.25, 0.3) is 5.91 Å². The minimum Gasteiger partial charge on any atom is -0.507 e. The Balaban J connectivity index is 1.49. The zero-order valence-electron chi connectivity index (χ0n) is 14.9. The van der Waals surface area contributed by atoms with E-state index >= 15 is 0 Å². The van der Waals surface area contributed by atoms with Gasteiger partial charge in [-0.1, -0.05) is 0 Å². The molecule has 0 aliphatic carbocycles. The monoisotopic (exact) mass is 372 g/mol. The van der Waals surface area contributed by atoms with E-state index in [-0.39, 0.29) is 23.3 Å². The van der Waals surface area contributed by atoms with Crippen molar-refractivity contribution >= 4 is 12.0 Å². The number of likely N-dealkylation sites (tertiary alicyclic amines) is 1. The van der Waals surface area contributed by atoms with E-state index in [9.17, 15) is 14.7 Å². The first-order valence-electron chi connectivity index (χ1n) is 8.77. The lowest BCUT2D eigenvalue weighted by atomic mass is 9.95. The van der Waals surface area contributed by atoms with Crippen molar-refractivity contribution in [1.29, 1.82) is 0 Å². The molecule has 2 saturated heterocycles. The highest BCUT2D eigenvalue weighted by Gasteiger charge is 2.44. The van der Waals surface area contributed by atoms with Crippen LogP contribution in [-0.4, -0.2) is 79.4 Å². The van der Waals surface area contributed by atoms with Gasteiger partial charge in [0.2, 0.25) is 0 Å². The van der Waals surface area contributed by atoms with Gasteiger partial charge < -0.3 is 19.6 Å². The third kappa shape index (κ3) is 3.18. The number of amides is 2. The van der Waals surface area contributed by atoms with Crippen LogP contribution in [0.3, 0.4) is 0 Å². The minimum absolute atomic E-state index is 0.126. The summed E-state index contributed by atoms with van der Waals surface area (Å²) < 4.78 is 6.97. The van der Waals surface area contributed by atoms with E-state index in [1.54, 1.807) is 29.0 Å².